The smallest absolute Gasteiger partial charge is 0.251 e. The highest BCUT2D eigenvalue weighted by Gasteiger charge is 2.14. The molecule has 0 bridgehead atoms. The molecule has 0 aliphatic carbocycles. The van der Waals surface area contributed by atoms with Crippen molar-refractivity contribution in [3.63, 3.8) is 0 Å². The third-order valence-electron chi connectivity index (χ3n) is 2.37. The van der Waals surface area contributed by atoms with Gasteiger partial charge in [-0.1, -0.05) is 11.6 Å². The first kappa shape index (κ1) is 16.5. The van der Waals surface area contributed by atoms with Crippen LogP contribution in [0.3, 0.4) is 0 Å². The number of hydrogen-bond donors (Lipinski definition) is 2. The zero-order chi connectivity index (χ0) is 15.3. The molecule has 0 heterocycles. The summed E-state index contributed by atoms with van der Waals surface area (Å²) in [5, 5.41) is 5.50. The second-order valence-corrected chi connectivity index (χ2v) is 5.63. The zero-order valence-corrected chi connectivity index (χ0v) is 12.8. The number of rotatable bonds is 4. The number of amides is 2. The van der Waals surface area contributed by atoms with Crippen molar-refractivity contribution in [2.75, 3.05) is 19.0 Å². The van der Waals surface area contributed by atoms with Gasteiger partial charge < -0.3 is 15.4 Å². The van der Waals surface area contributed by atoms with E-state index >= 15 is 0 Å². The van der Waals surface area contributed by atoms with Crippen molar-refractivity contribution in [3.8, 4) is 0 Å². The van der Waals surface area contributed by atoms with E-state index in [1.54, 1.807) is 12.1 Å². The van der Waals surface area contributed by atoms with E-state index in [4.69, 9.17) is 16.3 Å². The highest BCUT2D eigenvalue weighted by atomic mass is 35.5. The van der Waals surface area contributed by atoms with Gasteiger partial charge in [-0.15, -0.1) is 0 Å². The first-order chi connectivity index (χ1) is 9.23. The van der Waals surface area contributed by atoms with Crippen LogP contribution in [-0.4, -0.2) is 31.1 Å². The molecule has 2 amide bonds. The summed E-state index contributed by atoms with van der Waals surface area (Å²) in [6, 6.07) is 4.67. The van der Waals surface area contributed by atoms with Crippen molar-refractivity contribution in [2.45, 2.75) is 26.4 Å². The Morgan fingerprint density at radius 2 is 1.95 bits per heavy atom. The minimum Gasteiger partial charge on any atom is -0.366 e. The van der Waals surface area contributed by atoms with E-state index in [0.717, 1.165) is 0 Å². The number of halogens is 1. The average molecular weight is 299 g/mol. The first-order valence-electron chi connectivity index (χ1n) is 6.18. The predicted octanol–water partition coefficient (Wildman–Crippen LogP) is 2.45. The van der Waals surface area contributed by atoms with Crippen LogP contribution in [0.2, 0.25) is 5.02 Å². The van der Waals surface area contributed by atoms with Gasteiger partial charge in [0.15, 0.2) is 0 Å². The fraction of sp³-hybridized carbons (Fsp3) is 0.429. The second kappa shape index (κ2) is 6.72. The Morgan fingerprint density at radius 3 is 2.50 bits per heavy atom. The normalized spacial score (nSPS) is 11.1. The Kier molecular flexibility index (Phi) is 5.53. The van der Waals surface area contributed by atoms with Crippen molar-refractivity contribution in [2.24, 2.45) is 0 Å². The summed E-state index contributed by atoms with van der Waals surface area (Å²) in [6.45, 7) is 5.50. The highest BCUT2D eigenvalue weighted by Crippen LogP contribution is 2.23. The Hall–Kier alpha value is -1.59. The average Bonchev–Trinajstić information content (AvgIpc) is 2.37. The number of anilines is 1. The lowest BCUT2D eigenvalue weighted by Gasteiger charge is -2.19. The van der Waals surface area contributed by atoms with E-state index in [-0.39, 0.29) is 18.4 Å². The molecule has 2 N–H and O–H groups in total. The quantitative estimate of drug-likeness (QED) is 0.897. The number of ether oxygens (including phenoxy) is 1. The number of carbonyl (C=O) groups excluding carboxylic acids is 2. The molecule has 0 spiro atoms. The summed E-state index contributed by atoms with van der Waals surface area (Å²) >= 11 is 5.99. The summed E-state index contributed by atoms with van der Waals surface area (Å²) < 4.78 is 5.37. The lowest BCUT2D eigenvalue weighted by atomic mass is 10.2. The molecular formula is C14H19ClN2O3. The summed E-state index contributed by atoms with van der Waals surface area (Å²) in [7, 11) is 1.53. The molecule has 1 aromatic carbocycles. The van der Waals surface area contributed by atoms with Crippen molar-refractivity contribution < 1.29 is 14.3 Å². The Morgan fingerprint density at radius 1 is 1.30 bits per heavy atom. The molecule has 0 saturated heterocycles. The van der Waals surface area contributed by atoms with Gasteiger partial charge in [0.05, 0.1) is 16.3 Å². The lowest BCUT2D eigenvalue weighted by molar-refractivity contribution is -0.125. The second-order valence-electron chi connectivity index (χ2n) is 5.22. The molecule has 0 unspecified atom stereocenters. The van der Waals surface area contributed by atoms with Crippen LogP contribution >= 0.6 is 11.6 Å². The zero-order valence-electron chi connectivity index (χ0n) is 12.0. The molecule has 0 saturated carbocycles. The summed E-state index contributed by atoms with van der Waals surface area (Å²) in [5.41, 5.74) is 0.407. The molecule has 0 fully saturated rings. The predicted molar refractivity (Wildman–Crippen MR) is 79.2 cm³/mol. The van der Waals surface area contributed by atoms with Crippen molar-refractivity contribution in [1.29, 1.82) is 0 Å². The Labute approximate surface area is 123 Å². The first-order valence-corrected chi connectivity index (χ1v) is 6.56. The van der Waals surface area contributed by atoms with E-state index in [2.05, 4.69) is 10.6 Å². The molecule has 0 aliphatic rings. The lowest BCUT2D eigenvalue weighted by Crippen LogP contribution is -2.27. The van der Waals surface area contributed by atoms with Crippen LogP contribution in [0.25, 0.3) is 0 Å². The maximum atomic E-state index is 11.8. The van der Waals surface area contributed by atoms with Crippen molar-refractivity contribution in [1.82, 2.24) is 5.32 Å². The maximum Gasteiger partial charge on any atom is 0.251 e. The molecule has 6 heteroatoms. The molecule has 1 rings (SSSR count). The Bertz CT molecular complexity index is 510. The largest absolute Gasteiger partial charge is 0.366 e. The van der Waals surface area contributed by atoms with Crippen molar-refractivity contribution in [3.05, 3.63) is 28.8 Å². The molecule has 0 aliphatic heterocycles. The van der Waals surface area contributed by atoms with Gasteiger partial charge in [-0.25, -0.2) is 0 Å². The summed E-state index contributed by atoms with van der Waals surface area (Å²) in [6.07, 6.45) is 0. The minimum absolute atomic E-state index is 0.0793. The molecule has 1 aromatic rings. The topological polar surface area (TPSA) is 67.4 Å². The van der Waals surface area contributed by atoms with E-state index in [1.807, 2.05) is 20.8 Å². The third-order valence-corrected chi connectivity index (χ3v) is 2.70. The van der Waals surface area contributed by atoms with Crippen LogP contribution in [0.5, 0.6) is 0 Å². The molecule has 20 heavy (non-hydrogen) atoms. The molecule has 5 nitrogen and oxygen atoms in total. The minimum atomic E-state index is -0.398. The number of hydrogen-bond acceptors (Lipinski definition) is 3. The standard InChI is InChI=1S/C14H19ClN2O3/c1-14(2,3)20-8-12(18)17-11-7-9(13(19)16-4)5-6-10(11)15/h5-7H,8H2,1-4H3,(H,16,19)(H,17,18). The van der Waals surface area contributed by atoms with E-state index < -0.39 is 5.60 Å². The molecular weight excluding hydrogens is 280 g/mol. The van der Waals surface area contributed by atoms with Crippen LogP contribution in [0.15, 0.2) is 18.2 Å². The monoisotopic (exact) mass is 298 g/mol. The maximum absolute atomic E-state index is 11.8. The SMILES string of the molecule is CNC(=O)c1ccc(Cl)c(NC(=O)COC(C)(C)C)c1. The van der Waals surface area contributed by atoms with E-state index in [0.29, 0.717) is 16.3 Å². The van der Waals surface area contributed by atoms with Gasteiger partial charge in [-0.3, -0.25) is 9.59 Å². The van der Waals surface area contributed by atoms with Gasteiger partial charge in [0, 0.05) is 12.6 Å². The fourth-order valence-corrected chi connectivity index (χ4v) is 1.54. The van der Waals surface area contributed by atoms with Gasteiger partial charge in [0.1, 0.15) is 6.61 Å². The van der Waals surface area contributed by atoms with Crippen LogP contribution in [0, 0.1) is 0 Å². The molecule has 0 aromatic heterocycles. The highest BCUT2D eigenvalue weighted by molar-refractivity contribution is 6.33. The number of nitrogens with one attached hydrogen (secondary N) is 2. The number of benzene rings is 1. The van der Waals surface area contributed by atoms with Gasteiger partial charge in [-0.05, 0) is 39.0 Å². The van der Waals surface area contributed by atoms with E-state index in [9.17, 15) is 9.59 Å². The summed E-state index contributed by atoms with van der Waals surface area (Å²) in [5.74, 6) is -0.570. The number of carbonyl (C=O) groups is 2. The van der Waals surface area contributed by atoms with Crippen LogP contribution in [-0.2, 0) is 9.53 Å². The van der Waals surface area contributed by atoms with Gasteiger partial charge in [0.25, 0.3) is 5.91 Å². The van der Waals surface area contributed by atoms with Gasteiger partial charge in [-0.2, -0.15) is 0 Å². The molecule has 0 radical (unpaired) electrons. The summed E-state index contributed by atoms with van der Waals surface area (Å²) in [4.78, 5) is 23.3. The van der Waals surface area contributed by atoms with Gasteiger partial charge in [0.2, 0.25) is 5.91 Å². The van der Waals surface area contributed by atoms with E-state index in [1.165, 1.54) is 13.1 Å². The van der Waals surface area contributed by atoms with Crippen LogP contribution in [0.1, 0.15) is 31.1 Å². The molecule has 110 valence electrons. The third kappa shape index (κ3) is 5.19. The van der Waals surface area contributed by atoms with Crippen LogP contribution in [0.4, 0.5) is 5.69 Å². The Balaban J connectivity index is 2.76. The van der Waals surface area contributed by atoms with Gasteiger partial charge >= 0.3 is 0 Å². The van der Waals surface area contributed by atoms with Crippen LogP contribution < -0.4 is 10.6 Å². The fourth-order valence-electron chi connectivity index (χ4n) is 1.37. The van der Waals surface area contributed by atoms with Crippen molar-refractivity contribution >= 4 is 29.1 Å². The molecule has 0 atom stereocenters.